The van der Waals surface area contributed by atoms with Crippen LogP contribution >= 0.6 is 24.0 Å². The van der Waals surface area contributed by atoms with Crippen LogP contribution in [0.15, 0.2) is 34.4 Å². The quantitative estimate of drug-likeness (QED) is 0.465. The molecule has 0 radical (unpaired) electrons. The number of sulfonamides is 1. The summed E-state index contributed by atoms with van der Waals surface area (Å²) in [6, 6.07) is 3.10. The number of hydrogen-bond donors (Lipinski definition) is 3. The first kappa shape index (κ1) is 17.1. The van der Waals surface area contributed by atoms with Crippen LogP contribution in [0.1, 0.15) is 6.42 Å². The molecule has 7 nitrogen and oxygen atoms in total. The molecule has 0 unspecified atom stereocenters. The number of guanidine groups is 1. The van der Waals surface area contributed by atoms with Gasteiger partial charge in [0.15, 0.2) is 5.96 Å². The van der Waals surface area contributed by atoms with E-state index in [1.807, 2.05) is 0 Å². The highest BCUT2D eigenvalue weighted by molar-refractivity contribution is 14.0. The molecule has 0 saturated heterocycles. The Labute approximate surface area is 135 Å². The molecule has 9 heteroatoms. The Bertz CT molecular complexity index is 535. The van der Waals surface area contributed by atoms with Crippen LogP contribution in [0.3, 0.4) is 0 Å². The Morgan fingerprint density at radius 1 is 1.35 bits per heavy atom. The summed E-state index contributed by atoms with van der Waals surface area (Å²) in [6.45, 7) is 2.47. The smallest absolute Gasteiger partial charge is 0.242 e. The molecule has 1 aliphatic heterocycles. The molecule has 0 fully saturated rings. The number of aromatic nitrogens is 1. The van der Waals surface area contributed by atoms with E-state index in [2.05, 4.69) is 25.3 Å². The lowest BCUT2D eigenvalue weighted by molar-refractivity contribution is 0.579. The number of hydrogen-bond acceptors (Lipinski definition) is 6. The molecule has 0 aliphatic carbocycles. The van der Waals surface area contributed by atoms with Crippen LogP contribution in [0.2, 0.25) is 0 Å². The molecule has 0 saturated carbocycles. The van der Waals surface area contributed by atoms with Crippen molar-refractivity contribution in [1.29, 1.82) is 0 Å². The molecule has 1 aliphatic rings. The van der Waals surface area contributed by atoms with Crippen molar-refractivity contribution in [3.63, 3.8) is 0 Å². The highest BCUT2D eigenvalue weighted by Crippen LogP contribution is 2.04. The fourth-order valence-electron chi connectivity index (χ4n) is 1.61. The number of halogens is 1. The van der Waals surface area contributed by atoms with Crippen LogP contribution in [0.25, 0.3) is 0 Å². The summed E-state index contributed by atoms with van der Waals surface area (Å²) >= 11 is 0. The third-order valence-electron chi connectivity index (χ3n) is 2.55. The molecule has 0 spiro atoms. The van der Waals surface area contributed by atoms with Gasteiger partial charge in [-0.2, -0.15) is 0 Å². The minimum Gasteiger partial charge on any atom is -0.356 e. The van der Waals surface area contributed by atoms with E-state index in [0.29, 0.717) is 6.54 Å². The van der Waals surface area contributed by atoms with Crippen molar-refractivity contribution in [3.8, 4) is 0 Å². The van der Waals surface area contributed by atoms with Crippen LogP contribution in [0, 0.1) is 0 Å². The zero-order chi connectivity index (χ0) is 13.6. The summed E-state index contributed by atoms with van der Waals surface area (Å²) in [5.74, 6) is 0.729. The van der Waals surface area contributed by atoms with Gasteiger partial charge < -0.3 is 10.6 Å². The van der Waals surface area contributed by atoms with E-state index >= 15 is 0 Å². The molecular formula is C11H18IN5O2S. The topological polar surface area (TPSA) is 95.5 Å². The van der Waals surface area contributed by atoms with Gasteiger partial charge in [-0.1, -0.05) is 0 Å². The average molecular weight is 411 g/mol. The third-order valence-corrected chi connectivity index (χ3v) is 4.00. The Hall–Kier alpha value is -0.940. The Balaban J connectivity index is 0.00000200. The number of nitrogens with zero attached hydrogens (tertiary/aromatic N) is 2. The van der Waals surface area contributed by atoms with E-state index in [0.717, 1.165) is 25.5 Å². The van der Waals surface area contributed by atoms with Crippen molar-refractivity contribution in [3.05, 3.63) is 24.5 Å². The van der Waals surface area contributed by atoms with Crippen molar-refractivity contribution in [1.82, 2.24) is 20.3 Å². The molecule has 0 amide bonds. The maximum Gasteiger partial charge on any atom is 0.242 e. The largest absolute Gasteiger partial charge is 0.356 e. The third kappa shape index (κ3) is 5.21. The predicted octanol–water partition coefficient (Wildman–Crippen LogP) is -0.0832. The van der Waals surface area contributed by atoms with E-state index in [1.54, 1.807) is 6.07 Å². The maximum atomic E-state index is 11.9. The van der Waals surface area contributed by atoms with Crippen molar-refractivity contribution in [2.75, 3.05) is 26.2 Å². The minimum atomic E-state index is -3.48. The summed E-state index contributed by atoms with van der Waals surface area (Å²) in [5, 5.41) is 6.14. The fraction of sp³-hybridized carbons (Fsp3) is 0.455. The maximum absolute atomic E-state index is 11.9. The van der Waals surface area contributed by atoms with Gasteiger partial charge in [-0.25, -0.2) is 13.1 Å². The van der Waals surface area contributed by atoms with Gasteiger partial charge in [0.05, 0.1) is 0 Å². The fourth-order valence-corrected chi connectivity index (χ4v) is 2.60. The SMILES string of the molecule is I.O=S(=O)(NCCNC1=NCCCN1)c1cccnc1. The normalized spacial score (nSPS) is 14.7. The Morgan fingerprint density at radius 3 is 2.85 bits per heavy atom. The molecule has 1 aromatic rings. The first-order valence-corrected chi connectivity index (χ1v) is 7.59. The van der Waals surface area contributed by atoms with Crippen LogP contribution in [-0.2, 0) is 10.0 Å². The van der Waals surface area contributed by atoms with E-state index in [4.69, 9.17) is 0 Å². The van der Waals surface area contributed by atoms with Gasteiger partial charge in [-0.15, -0.1) is 24.0 Å². The number of rotatable bonds is 5. The molecule has 0 aromatic carbocycles. The van der Waals surface area contributed by atoms with Gasteiger partial charge >= 0.3 is 0 Å². The van der Waals surface area contributed by atoms with Crippen LogP contribution in [0.4, 0.5) is 0 Å². The first-order valence-electron chi connectivity index (χ1n) is 6.10. The number of pyridine rings is 1. The van der Waals surface area contributed by atoms with Gasteiger partial charge in [-0.3, -0.25) is 9.98 Å². The number of aliphatic imine (C=N–C) groups is 1. The van der Waals surface area contributed by atoms with Gasteiger partial charge in [0, 0.05) is 38.6 Å². The van der Waals surface area contributed by atoms with E-state index < -0.39 is 10.0 Å². The lowest BCUT2D eigenvalue weighted by Crippen LogP contribution is -2.43. The molecule has 0 atom stereocenters. The van der Waals surface area contributed by atoms with Gasteiger partial charge in [0.2, 0.25) is 10.0 Å². The molecule has 1 aromatic heterocycles. The molecule has 0 bridgehead atoms. The van der Waals surface area contributed by atoms with E-state index in [-0.39, 0.29) is 35.4 Å². The average Bonchev–Trinajstić information content (AvgIpc) is 2.46. The summed E-state index contributed by atoms with van der Waals surface area (Å²) < 4.78 is 26.2. The van der Waals surface area contributed by atoms with Gasteiger partial charge in [-0.05, 0) is 18.6 Å². The van der Waals surface area contributed by atoms with Crippen LogP contribution < -0.4 is 15.4 Å². The van der Waals surface area contributed by atoms with Crippen LogP contribution in [-0.4, -0.2) is 45.5 Å². The molecule has 3 N–H and O–H groups in total. The van der Waals surface area contributed by atoms with Crippen molar-refractivity contribution in [2.45, 2.75) is 11.3 Å². The van der Waals surface area contributed by atoms with Gasteiger partial charge in [0.25, 0.3) is 0 Å². The van der Waals surface area contributed by atoms with Crippen LogP contribution in [0.5, 0.6) is 0 Å². The van der Waals surface area contributed by atoms with Crippen molar-refractivity contribution in [2.24, 2.45) is 4.99 Å². The summed E-state index contributed by atoms with van der Waals surface area (Å²) in [4.78, 5) is 8.19. The Kier molecular flexibility index (Phi) is 7.16. The highest BCUT2D eigenvalue weighted by atomic mass is 127. The van der Waals surface area contributed by atoms with Crippen molar-refractivity contribution < 1.29 is 8.42 Å². The summed E-state index contributed by atoms with van der Waals surface area (Å²) in [6.07, 6.45) is 3.88. The lowest BCUT2D eigenvalue weighted by atomic mass is 10.4. The standard InChI is InChI=1S/C11H17N5O2S.HI/c17-19(18,10-3-1-4-12-9-10)16-8-7-15-11-13-5-2-6-14-11;/h1,3-4,9,16H,2,5-8H2,(H2,13,14,15);1H. The van der Waals surface area contributed by atoms with Crippen molar-refractivity contribution >= 4 is 40.0 Å². The molecular weight excluding hydrogens is 393 g/mol. The summed E-state index contributed by atoms with van der Waals surface area (Å²) in [7, 11) is -3.48. The number of nitrogens with one attached hydrogen (secondary N) is 3. The second-order valence-electron chi connectivity index (χ2n) is 4.02. The highest BCUT2D eigenvalue weighted by Gasteiger charge is 2.12. The minimum absolute atomic E-state index is 0. The second kappa shape index (κ2) is 8.37. The van der Waals surface area contributed by atoms with E-state index in [1.165, 1.54) is 18.5 Å². The first-order chi connectivity index (χ1) is 9.18. The molecule has 2 rings (SSSR count). The Morgan fingerprint density at radius 2 is 2.20 bits per heavy atom. The second-order valence-corrected chi connectivity index (χ2v) is 5.79. The zero-order valence-corrected chi connectivity index (χ0v) is 14.0. The molecule has 2 heterocycles. The van der Waals surface area contributed by atoms with Gasteiger partial charge in [0.1, 0.15) is 4.90 Å². The zero-order valence-electron chi connectivity index (χ0n) is 10.9. The predicted molar refractivity (Wildman–Crippen MR) is 87.8 cm³/mol. The molecule has 112 valence electrons. The monoisotopic (exact) mass is 411 g/mol. The molecule has 20 heavy (non-hydrogen) atoms. The lowest BCUT2D eigenvalue weighted by Gasteiger charge is -2.16. The summed E-state index contributed by atoms with van der Waals surface area (Å²) in [5.41, 5.74) is 0. The van der Waals surface area contributed by atoms with E-state index in [9.17, 15) is 8.42 Å².